The number of fused-ring (bicyclic) bond motifs is 4. The summed E-state index contributed by atoms with van der Waals surface area (Å²) in [7, 11) is 1.60. The molecule has 3 unspecified atom stereocenters. The van der Waals surface area contributed by atoms with E-state index in [9.17, 15) is 9.59 Å². The summed E-state index contributed by atoms with van der Waals surface area (Å²) in [6.07, 6.45) is 4.06. The summed E-state index contributed by atoms with van der Waals surface area (Å²) in [5, 5.41) is 0. The van der Waals surface area contributed by atoms with Gasteiger partial charge in [0.25, 0.3) is 0 Å². The van der Waals surface area contributed by atoms with Crippen LogP contribution in [0.25, 0.3) is 0 Å². The first-order chi connectivity index (χ1) is 14.4. The van der Waals surface area contributed by atoms with Crippen molar-refractivity contribution < 1.29 is 33.0 Å². The van der Waals surface area contributed by atoms with Crippen LogP contribution in [0.2, 0.25) is 0 Å². The lowest BCUT2D eigenvalue weighted by Crippen LogP contribution is -2.55. The Kier molecular flexibility index (Phi) is 3.65. The minimum atomic E-state index is -0.640. The van der Waals surface area contributed by atoms with E-state index in [-0.39, 0.29) is 29.5 Å². The van der Waals surface area contributed by atoms with Crippen LogP contribution in [0.1, 0.15) is 66.0 Å². The molecule has 7 heteroatoms. The molecule has 7 nitrogen and oxygen atoms in total. The SMILES string of the molecule is COCC1OC(=O)c2coc3c2C1(C)C1=C(C3=O)[C@@H]2CCC3(OCCO3)C2(C)CC1. The number of carbonyl (C=O) groups is 2. The molecule has 2 aliphatic heterocycles. The molecule has 30 heavy (non-hydrogen) atoms. The van der Waals surface area contributed by atoms with Crippen molar-refractivity contribution in [2.75, 3.05) is 26.9 Å². The molecule has 1 saturated heterocycles. The Morgan fingerprint density at radius 2 is 1.93 bits per heavy atom. The van der Waals surface area contributed by atoms with Gasteiger partial charge in [-0.05, 0) is 37.7 Å². The molecule has 0 aromatic carbocycles. The van der Waals surface area contributed by atoms with Crippen molar-refractivity contribution in [2.24, 2.45) is 11.3 Å². The van der Waals surface area contributed by atoms with Crippen molar-refractivity contribution in [3.05, 3.63) is 34.3 Å². The van der Waals surface area contributed by atoms with Gasteiger partial charge in [-0.3, -0.25) is 4.79 Å². The van der Waals surface area contributed by atoms with Crippen LogP contribution in [0.15, 0.2) is 21.8 Å². The van der Waals surface area contributed by atoms with Crippen LogP contribution in [-0.4, -0.2) is 50.6 Å². The standard InChI is InChI=1S/C23H26O7/c1-21-6-4-14-16(13(21)5-7-23(21)28-8-9-29-23)18(24)19-17-12(10-27-19)20(25)30-15(11-26-3)22(14,17)2/h10,13,15H,4-9,11H2,1-3H3/t13-,15?,21?,22?/m0/s1. The third-order valence-corrected chi connectivity index (χ3v) is 8.54. The van der Waals surface area contributed by atoms with E-state index in [4.69, 9.17) is 23.4 Å². The number of ketones is 1. The fourth-order valence-electron chi connectivity index (χ4n) is 7.01. The summed E-state index contributed by atoms with van der Waals surface area (Å²) >= 11 is 0. The molecule has 4 atom stereocenters. The number of allylic oxidation sites excluding steroid dienone is 1. The van der Waals surface area contributed by atoms with Gasteiger partial charge in [0.05, 0.1) is 25.2 Å². The first-order valence-electron chi connectivity index (χ1n) is 10.8. The van der Waals surface area contributed by atoms with Crippen molar-refractivity contribution in [1.29, 1.82) is 0 Å². The monoisotopic (exact) mass is 414 g/mol. The summed E-state index contributed by atoms with van der Waals surface area (Å²) < 4.78 is 29.3. The molecule has 0 radical (unpaired) electrons. The van der Waals surface area contributed by atoms with E-state index >= 15 is 0 Å². The zero-order chi connectivity index (χ0) is 20.9. The van der Waals surface area contributed by atoms with E-state index in [0.717, 1.165) is 36.8 Å². The van der Waals surface area contributed by atoms with Crippen LogP contribution in [-0.2, 0) is 24.4 Å². The molecule has 0 amide bonds. The Balaban J connectivity index is 1.56. The number of carbonyl (C=O) groups excluding carboxylic acids is 2. The molecule has 3 aliphatic carbocycles. The maximum atomic E-state index is 13.7. The molecule has 6 rings (SSSR count). The van der Waals surface area contributed by atoms with E-state index in [1.807, 2.05) is 0 Å². The van der Waals surface area contributed by atoms with Gasteiger partial charge in [-0.2, -0.15) is 0 Å². The number of Topliss-reactive ketones (excluding diaryl/α,β-unsaturated/α-hetero) is 1. The second-order valence-corrected chi connectivity index (χ2v) is 9.59. The third-order valence-electron chi connectivity index (χ3n) is 8.54. The normalized spacial score (nSPS) is 38.5. The highest BCUT2D eigenvalue weighted by molar-refractivity contribution is 6.13. The molecule has 3 heterocycles. The van der Waals surface area contributed by atoms with Gasteiger partial charge in [0, 0.05) is 30.1 Å². The zero-order valence-electron chi connectivity index (χ0n) is 17.5. The molecule has 1 aromatic heterocycles. The molecule has 1 spiro atoms. The number of rotatable bonds is 2. The van der Waals surface area contributed by atoms with Crippen molar-refractivity contribution in [2.45, 2.75) is 56.8 Å². The van der Waals surface area contributed by atoms with E-state index < -0.39 is 23.3 Å². The number of furan rings is 1. The van der Waals surface area contributed by atoms with Gasteiger partial charge in [-0.1, -0.05) is 6.92 Å². The Bertz CT molecular complexity index is 997. The van der Waals surface area contributed by atoms with Crippen molar-refractivity contribution in [3.63, 3.8) is 0 Å². The van der Waals surface area contributed by atoms with Crippen molar-refractivity contribution in [1.82, 2.24) is 0 Å². The number of hydrogen-bond donors (Lipinski definition) is 0. The summed E-state index contributed by atoms with van der Waals surface area (Å²) in [5.41, 5.74) is 2.00. The minimum absolute atomic E-state index is 0.0196. The van der Waals surface area contributed by atoms with E-state index in [0.29, 0.717) is 24.3 Å². The second-order valence-electron chi connectivity index (χ2n) is 9.59. The van der Waals surface area contributed by atoms with E-state index in [2.05, 4.69) is 13.8 Å². The van der Waals surface area contributed by atoms with Gasteiger partial charge in [-0.25, -0.2) is 4.79 Å². The fraction of sp³-hybridized carbons (Fsp3) is 0.652. The highest BCUT2D eigenvalue weighted by Gasteiger charge is 2.67. The quantitative estimate of drug-likeness (QED) is 0.687. The summed E-state index contributed by atoms with van der Waals surface area (Å²) in [4.78, 5) is 26.3. The topological polar surface area (TPSA) is 84.2 Å². The summed E-state index contributed by atoms with van der Waals surface area (Å²) in [6.45, 7) is 5.72. The summed E-state index contributed by atoms with van der Waals surface area (Å²) in [5.74, 6) is -0.865. The average Bonchev–Trinajstić information content (AvgIpc) is 3.44. The van der Waals surface area contributed by atoms with Gasteiger partial charge < -0.3 is 23.4 Å². The van der Waals surface area contributed by atoms with Crippen molar-refractivity contribution in [3.8, 4) is 0 Å². The Labute approximate surface area is 174 Å². The molecule has 0 bridgehead atoms. The average molecular weight is 414 g/mol. The Morgan fingerprint density at radius 3 is 2.67 bits per heavy atom. The van der Waals surface area contributed by atoms with Gasteiger partial charge in [0.1, 0.15) is 17.9 Å². The first-order valence-corrected chi connectivity index (χ1v) is 10.8. The lowest BCUT2D eigenvalue weighted by atomic mass is 9.54. The Hall–Kier alpha value is -1.96. The molecule has 2 fully saturated rings. The van der Waals surface area contributed by atoms with E-state index in [1.165, 1.54) is 6.26 Å². The highest BCUT2D eigenvalue weighted by Crippen LogP contribution is 2.66. The zero-order valence-corrected chi connectivity index (χ0v) is 17.5. The number of ether oxygens (including phenoxy) is 4. The van der Waals surface area contributed by atoms with E-state index in [1.54, 1.807) is 7.11 Å². The van der Waals surface area contributed by atoms with Crippen LogP contribution in [0, 0.1) is 11.3 Å². The van der Waals surface area contributed by atoms with Gasteiger partial charge in [-0.15, -0.1) is 0 Å². The lowest BCUT2D eigenvalue weighted by Gasteiger charge is -2.52. The molecular weight excluding hydrogens is 388 g/mol. The highest BCUT2D eigenvalue weighted by atomic mass is 16.7. The number of cyclic esters (lactones) is 1. The van der Waals surface area contributed by atoms with Crippen LogP contribution >= 0.6 is 0 Å². The molecule has 5 aliphatic rings. The fourth-order valence-corrected chi connectivity index (χ4v) is 7.01. The molecule has 0 N–H and O–H groups in total. The maximum Gasteiger partial charge on any atom is 0.342 e. The van der Waals surface area contributed by atoms with Gasteiger partial charge in [0.15, 0.2) is 11.5 Å². The van der Waals surface area contributed by atoms with Crippen LogP contribution in [0.4, 0.5) is 0 Å². The largest absolute Gasteiger partial charge is 0.460 e. The van der Waals surface area contributed by atoms with Crippen molar-refractivity contribution >= 4 is 11.8 Å². The van der Waals surface area contributed by atoms with Gasteiger partial charge >= 0.3 is 5.97 Å². The van der Waals surface area contributed by atoms with Crippen LogP contribution < -0.4 is 0 Å². The summed E-state index contributed by atoms with van der Waals surface area (Å²) in [6, 6.07) is 0. The predicted octanol–water partition coefficient (Wildman–Crippen LogP) is 3.17. The second kappa shape index (κ2) is 5.84. The predicted molar refractivity (Wildman–Crippen MR) is 103 cm³/mol. The Morgan fingerprint density at radius 1 is 1.17 bits per heavy atom. The minimum Gasteiger partial charge on any atom is -0.460 e. The maximum absolute atomic E-state index is 13.7. The lowest BCUT2D eigenvalue weighted by molar-refractivity contribution is -0.225. The molecule has 1 saturated carbocycles. The molecule has 160 valence electrons. The molecule has 1 aromatic rings. The smallest absolute Gasteiger partial charge is 0.342 e. The third kappa shape index (κ3) is 1.93. The number of methoxy groups -OCH3 is 1. The van der Waals surface area contributed by atoms with Crippen LogP contribution in [0.5, 0.6) is 0 Å². The van der Waals surface area contributed by atoms with Gasteiger partial charge in [0.2, 0.25) is 5.78 Å². The first kappa shape index (κ1) is 18.8. The number of hydrogen-bond acceptors (Lipinski definition) is 7. The van der Waals surface area contributed by atoms with Crippen LogP contribution in [0.3, 0.4) is 0 Å². The number of esters is 1. The molecular formula is C23H26O7.